The van der Waals surface area contributed by atoms with E-state index in [1.807, 2.05) is 49.4 Å². The van der Waals surface area contributed by atoms with Gasteiger partial charge in [0.15, 0.2) is 0 Å². The quantitative estimate of drug-likeness (QED) is 0.341. The molecule has 1 aliphatic rings. The molecule has 4 rings (SSSR count). The Bertz CT molecular complexity index is 1190. The molecule has 168 valence electrons. The molecule has 1 aromatic carbocycles. The van der Waals surface area contributed by atoms with Gasteiger partial charge in [-0.1, -0.05) is 30.3 Å². The largest absolute Gasteiger partial charge is 0.401 e. The molecule has 1 aliphatic heterocycles. The lowest BCUT2D eigenvalue weighted by molar-refractivity contribution is 0.248. The summed E-state index contributed by atoms with van der Waals surface area (Å²) >= 11 is 0. The summed E-state index contributed by atoms with van der Waals surface area (Å²) in [7, 11) is 0. The number of nitrogens with zero attached hydrogens (tertiary/aromatic N) is 2. The van der Waals surface area contributed by atoms with E-state index in [-0.39, 0.29) is 6.04 Å². The van der Waals surface area contributed by atoms with E-state index in [1.54, 1.807) is 18.5 Å². The molecule has 7 N–H and O–H groups in total. The number of nitrogens with two attached hydrogens (primary N) is 1. The molecule has 0 radical (unpaired) electrons. The van der Waals surface area contributed by atoms with Crippen LogP contribution in [-0.4, -0.2) is 22.2 Å². The zero-order valence-corrected chi connectivity index (χ0v) is 18.2. The molecule has 9 nitrogen and oxygen atoms in total. The normalized spacial score (nSPS) is 17.7. The van der Waals surface area contributed by atoms with Crippen LogP contribution in [0.3, 0.4) is 0 Å². The van der Waals surface area contributed by atoms with Gasteiger partial charge in [0, 0.05) is 47.7 Å². The fourth-order valence-electron chi connectivity index (χ4n) is 3.66. The van der Waals surface area contributed by atoms with E-state index in [9.17, 15) is 4.79 Å². The van der Waals surface area contributed by atoms with Crippen molar-refractivity contribution < 1.29 is 4.79 Å². The van der Waals surface area contributed by atoms with Crippen molar-refractivity contribution in [2.24, 2.45) is 5.73 Å². The molecule has 33 heavy (non-hydrogen) atoms. The predicted molar refractivity (Wildman–Crippen MR) is 129 cm³/mol. The molecule has 3 heterocycles. The number of anilines is 3. The highest BCUT2D eigenvalue weighted by molar-refractivity contribution is 5.93. The molecule has 9 heteroatoms. The lowest BCUT2D eigenvalue weighted by Crippen LogP contribution is -2.34. The third-order valence-corrected chi connectivity index (χ3v) is 5.19. The first-order valence-electron chi connectivity index (χ1n) is 10.6. The maximum absolute atomic E-state index is 12.8. The Labute approximate surface area is 192 Å². The highest BCUT2D eigenvalue weighted by atomic mass is 16.2. The van der Waals surface area contributed by atoms with Crippen LogP contribution < -0.4 is 27.0 Å². The van der Waals surface area contributed by atoms with Crippen LogP contribution in [0.1, 0.15) is 35.0 Å². The fourth-order valence-corrected chi connectivity index (χ4v) is 3.66. The van der Waals surface area contributed by atoms with Gasteiger partial charge >= 0.3 is 6.03 Å². The highest BCUT2D eigenvalue weighted by Crippen LogP contribution is 2.27. The monoisotopic (exact) mass is 442 g/mol. The molecule has 2 aromatic heterocycles. The second-order valence-corrected chi connectivity index (χ2v) is 7.74. The maximum atomic E-state index is 12.8. The number of carbonyl (C=O) groups excluding carboxylic acids is 1. The Kier molecular flexibility index (Phi) is 6.49. The Hall–Kier alpha value is -4.40. The van der Waals surface area contributed by atoms with Gasteiger partial charge in [0.1, 0.15) is 5.82 Å². The Morgan fingerprint density at radius 1 is 1.21 bits per heavy atom. The molecule has 0 spiro atoms. The van der Waals surface area contributed by atoms with E-state index in [1.165, 1.54) is 6.21 Å². The molecule has 0 fully saturated rings. The van der Waals surface area contributed by atoms with Crippen molar-refractivity contribution in [2.75, 3.05) is 10.6 Å². The van der Waals surface area contributed by atoms with E-state index in [4.69, 9.17) is 11.1 Å². The summed E-state index contributed by atoms with van der Waals surface area (Å²) in [5, 5.41) is 20.2. The first-order chi connectivity index (χ1) is 16.0. The lowest BCUT2D eigenvalue weighted by Gasteiger charge is -2.22. The van der Waals surface area contributed by atoms with Gasteiger partial charge in [0.2, 0.25) is 0 Å². The molecule has 0 saturated carbocycles. The Morgan fingerprint density at radius 2 is 2.03 bits per heavy atom. The predicted octanol–water partition coefficient (Wildman–Crippen LogP) is 3.68. The van der Waals surface area contributed by atoms with Gasteiger partial charge in [-0.05, 0) is 30.7 Å². The molecule has 1 unspecified atom stereocenters. The number of pyridine rings is 2. The van der Waals surface area contributed by atoms with E-state index in [0.29, 0.717) is 41.4 Å². The van der Waals surface area contributed by atoms with Gasteiger partial charge < -0.3 is 27.1 Å². The number of rotatable bonds is 4. The van der Waals surface area contributed by atoms with Crippen LogP contribution in [0.2, 0.25) is 0 Å². The van der Waals surface area contributed by atoms with Crippen molar-refractivity contribution >= 4 is 29.4 Å². The smallest absolute Gasteiger partial charge is 0.320 e. The first-order valence-corrected chi connectivity index (χ1v) is 10.6. The molecular weight excluding hydrogens is 416 g/mol. The number of urea groups is 1. The third kappa shape index (κ3) is 5.45. The number of amides is 2. The molecule has 1 atom stereocenters. The van der Waals surface area contributed by atoms with Crippen LogP contribution in [0.15, 0.2) is 66.6 Å². The standard InChI is InChI=1S/C24H26N8O/c1-15-9-19(7-8-28-15)29-23-17(12-25)10-22-30-21(23)14-27-13-18(26)11-20(31-24(33)32-22)16-5-3-2-4-6-16/h2-10,12-13,20,25,27H,11,14,26H2,1H3,(H,28,29)(H2,30,31,32,33)/b18-13-,25-12?. The summed E-state index contributed by atoms with van der Waals surface area (Å²) in [5.74, 6) is 0.351. The van der Waals surface area contributed by atoms with Gasteiger partial charge in [-0.3, -0.25) is 10.3 Å². The van der Waals surface area contributed by atoms with Crippen LogP contribution >= 0.6 is 0 Å². The Balaban J connectivity index is 1.68. The van der Waals surface area contributed by atoms with E-state index >= 15 is 0 Å². The zero-order chi connectivity index (χ0) is 23.2. The maximum Gasteiger partial charge on any atom is 0.320 e. The number of nitrogens with one attached hydrogen (secondary N) is 5. The number of hydrogen-bond acceptors (Lipinski definition) is 7. The second kappa shape index (κ2) is 9.82. The first kappa shape index (κ1) is 21.8. The van der Waals surface area contributed by atoms with E-state index in [2.05, 4.69) is 31.2 Å². The fraction of sp³-hybridized carbons (Fsp3) is 0.167. The number of benzene rings is 1. The minimum absolute atomic E-state index is 0.304. The summed E-state index contributed by atoms with van der Waals surface area (Å²) in [6.07, 6.45) is 5.12. The van der Waals surface area contributed by atoms with Crippen molar-refractivity contribution in [2.45, 2.75) is 25.9 Å². The summed E-state index contributed by atoms with van der Waals surface area (Å²) in [6, 6.07) is 14.4. The second-order valence-electron chi connectivity index (χ2n) is 7.74. The van der Waals surface area contributed by atoms with Gasteiger partial charge in [0.05, 0.1) is 24.0 Å². The van der Waals surface area contributed by atoms with Gasteiger partial charge in [-0.2, -0.15) is 0 Å². The number of hydrogen-bond donors (Lipinski definition) is 6. The van der Waals surface area contributed by atoms with Gasteiger partial charge in [-0.15, -0.1) is 0 Å². The van der Waals surface area contributed by atoms with Crippen molar-refractivity contribution in [3.05, 3.63) is 89.1 Å². The highest BCUT2D eigenvalue weighted by Gasteiger charge is 2.19. The van der Waals surface area contributed by atoms with Crippen molar-refractivity contribution in [3.63, 3.8) is 0 Å². The lowest BCUT2D eigenvalue weighted by atomic mass is 10.0. The minimum atomic E-state index is -0.398. The summed E-state index contributed by atoms with van der Waals surface area (Å²) in [5.41, 5.74) is 11.4. The number of fused-ring (bicyclic) bond motifs is 2. The SMILES string of the molecule is Cc1cc(Nc2c(C=N)cc3nc2CN/C=C(\N)CC(c2ccccc2)NC(=O)N3)ccn1. The third-order valence-electron chi connectivity index (χ3n) is 5.19. The molecular formula is C24H26N8O. The van der Waals surface area contributed by atoms with E-state index < -0.39 is 6.03 Å². The van der Waals surface area contributed by atoms with Crippen LogP contribution in [0.4, 0.5) is 22.0 Å². The molecule has 2 amide bonds. The summed E-state index contributed by atoms with van der Waals surface area (Å²) in [4.78, 5) is 21.6. The Morgan fingerprint density at radius 3 is 2.79 bits per heavy atom. The van der Waals surface area contributed by atoms with Crippen LogP contribution in [0, 0.1) is 12.3 Å². The molecule has 2 bridgehead atoms. The average Bonchev–Trinajstić information content (AvgIpc) is 2.80. The van der Waals surface area contributed by atoms with E-state index in [0.717, 1.165) is 16.9 Å². The van der Waals surface area contributed by atoms with Crippen LogP contribution in [0.5, 0.6) is 0 Å². The summed E-state index contributed by atoms with van der Waals surface area (Å²) in [6.45, 7) is 2.25. The van der Waals surface area contributed by atoms with Crippen LogP contribution in [0.25, 0.3) is 0 Å². The van der Waals surface area contributed by atoms with Crippen molar-refractivity contribution in [1.82, 2.24) is 20.6 Å². The average molecular weight is 443 g/mol. The topological polar surface area (TPSA) is 141 Å². The molecule has 3 aromatic rings. The van der Waals surface area contributed by atoms with Crippen LogP contribution in [-0.2, 0) is 6.54 Å². The molecule has 0 saturated heterocycles. The zero-order valence-electron chi connectivity index (χ0n) is 18.2. The van der Waals surface area contributed by atoms with Crippen molar-refractivity contribution in [3.8, 4) is 0 Å². The summed E-state index contributed by atoms with van der Waals surface area (Å²) < 4.78 is 0. The molecule has 0 aliphatic carbocycles. The number of carbonyl (C=O) groups is 1. The minimum Gasteiger partial charge on any atom is -0.401 e. The van der Waals surface area contributed by atoms with Gasteiger partial charge in [0.25, 0.3) is 0 Å². The number of aryl methyl sites for hydroxylation is 1. The van der Waals surface area contributed by atoms with Gasteiger partial charge in [-0.25, -0.2) is 9.78 Å². The van der Waals surface area contributed by atoms with Crippen molar-refractivity contribution in [1.29, 1.82) is 5.41 Å². The number of aromatic nitrogens is 2.